The van der Waals surface area contributed by atoms with Gasteiger partial charge in [-0.25, -0.2) is 14.8 Å². The number of rotatable bonds is 6. The number of nitrogens with zero attached hydrogens (tertiary/aromatic N) is 2. The van der Waals surface area contributed by atoms with Crippen LogP contribution in [0.1, 0.15) is 12.8 Å². The van der Waals surface area contributed by atoms with Crippen LogP contribution in [-0.2, 0) is 4.79 Å². The standard InChI is InChI=1S/C9H14N4O2/c10-4-1-3-7(8(14)15)13-9-11-5-2-6-12-9/h2,5-7H,1,3-4,10H2,(H,14,15)(H,11,12,13)/t7-/m0/s1. The van der Waals surface area contributed by atoms with Crippen LogP contribution in [0.5, 0.6) is 0 Å². The van der Waals surface area contributed by atoms with Crippen LogP contribution in [0.3, 0.4) is 0 Å². The first-order chi connectivity index (χ1) is 7.24. The Kier molecular flexibility index (Phi) is 4.49. The summed E-state index contributed by atoms with van der Waals surface area (Å²) in [7, 11) is 0. The molecule has 6 heteroatoms. The molecule has 0 amide bonds. The fraction of sp³-hybridized carbons (Fsp3) is 0.444. The lowest BCUT2D eigenvalue weighted by atomic mass is 10.1. The highest BCUT2D eigenvalue weighted by Crippen LogP contribution is 2.04. The van der Waals surface area contributed by atoms with Gasteiger partial charge in [-0.15, -0.1) is 0 Å². The molecule has 0 fully saturated rings. The Morgan fingerprint density at radius 3 is 2.73 bits per heavy atom. The van der Waals surface area contributed by atoms with Crippen molar-refractivity contribution < 1.29 is 9.90 Å². The summed E-state index contributed by atoms with van der Waals surface area (Å²) in [5, 5.41) is 11.6. The minimum absolute atomic E-state index is 0.321. The maximum Gasteiger partial charge on any atom is 0.326 e. The molecular weight excluding hydrogens is 196 g/mol. The molecule has 0 bridgehead atoms. The summed E-state index contributed by atoms with van der Waals surface area (Å²) in [5.41, 5.74) is 5.32. The molecular formula is C9H14N4O2. The van der Waals surface area contributed by atoms with Crippen LogP contribution in [0.25, 0.3) is 0 Å². The van der Waals surface area contributed by atoms with E-state index < -0.39 is 12.0 Å². The van der Waals surface area contributed by atoms with Gasteiger partial charge in [0.25, 0.3) is 0 Å². The molecule has 0 aliphatic carbocycles. The zero-order valence-electron chi connectivity index (χ0n) is 8.26. The van der Waals surface area contributed by atoms with Gasteiger partial charge in [0.1, 0.15) is 6.04 Å². The first-order valence-electron chi connectivity index (χ1n) is 4.70. The molecule has 0 radical (unpaired) electrons. The van der Waals surface area contributed by atoms with E-state index >= 15 is 0 Å². The highest BCUT2D eigenvalue weighted by molar-refractivity contribution is 5.76. The second-order valence-electron chi connectivity index (χ2n) is 3.04. The largest absolute Gasteiger partial charge is 0.480 e. The average molecular weight is 210 g/mol. The summed E-state index contributed by atoms with van der Waals surface area (Å²) in [6.07, 6.45) is 4.22. The van der Waals surface area contributed by atoms with E-state index in [9.17, 15) is 4.79 Å². The molecule has 15 heavy (non-hydrogen) atoms. The maximum absolute atomic E-state index is 10.9. The lowest BCUT2D eigenvalue weighted by Gasteiger charge is -2.13. The van der Waals surface area contributed by atoms with Crippen molar-refractivity contribution in [2.45, 2.75) is 18.9 Å². The molecule has 0 saturated heterocycles. The summed E-state index contributed by atoms with van der Waals surface area (Å²) >= 11 is 0. The third-order valence-electron chi connectivity index (χ3n) is 1.86. The van der Waals surface area contributed by atoms with Gasteiger partial charge in [-0.05, 0) is 25.5 Å². The van der Waals surface area contributed by atoms with Crippen LogP contribution in [0.4, 0.5) is 5.95 Å². The van der Waals surface area contributed by atoms with Gasteiger partial charge >= 0.3 is 5.97 Å². The fourth-order valence-corrected chi connectivity index (χ4v) is 1.11. The highest BCUT2D eigenvalue weighted by Gasteiger charge is 2.16. The number of aliphatic carboxylic acids is 1. The van der Waals surface area contributed by atoms with Gasteiger partial charge in [-0.1, -0.05) is 0 Å². The summed E-state index contributed by atoms with van der Waals surface area (Å²) in [6, 6.07) is 0.983. The normalized spacial score (nSPS) is 12.1. The first kappa shape index (κ1) is 11.4. The molecule has 0 unspecified atom stereocenters. The molecule has 4 N–H and O–H groups in total. The smallest absolute Gasteiger partial charge is 0.326 e. The Morgan fingerprint density at radius 2 is 2.20 bits per heavy atom. The zero-order valence-corrected chi connectivity index (χ0v) is 8.26. The summed E-state index contributed by atoms with van der Waals surface area (Å²) in [5.74, 6) is -0.599. The van der Waals surface area contributed by atoms with Crippen LogP contribution in [-0.4, -0.2) is 33.6 Å². The SMILES string of the molecule is NCCC[C@H](Nc1ncccn1)C(=O)O. The van der Waals surface area contributed by atoms with Crippen molar-refractivity contribution in [3.63, 3.8) is 0 Å². The van der Waals surface area contributed by atoms with Crippen molar-refractivity contribution in [3.05, 3.63) is 18.5 Å². The van der Waals surface area contributed by atoms with E-state index in [1.807, 2.05) is 0 Å². The lowest BCUT2D eigenvalue weighted by molar-refractivity contribution is -0.138. The monoisotopic (exact) mass is 210 g/mol. The molecule has 1 aromatic rings. The Balaban J connectivity index is 2.55. The number of hydrogen-bond donors (Lipinski definition) is 3. The molecule has 0 aromatic carbocycles. The Bertz CT molecular complexity index is 304. The number of carbonyl (C=O) groups is 1. The Labute approximate surface area is 87.5 Å². The number of hydrogen-bond acceptors (Lipinski definition) is 5. The topological polar surface area (TPSA) is 101 Å². The third-order valence-corrected chi connectivity index (χ3v) is 1.86. The van der Waals surface area contributed by atoms with Gasteiger partial charge < -0.3 is 16.2 Å². The Hall–Kier alpha value is -1.69. The van der Waals surface area contributed by atoms with E-state index in [2.05, 4.69) is 15.3 Å². The van der Waals surface area contributed by atoms with Crippen molar-refractivity contribution in [1.29, 1.82) is 0 Å². The second-order valence-corrected chi connectivity index (χ2v) is 3.04. The molecule has 1 atom stereocenters. The predicted octanol–water partition coefficient (Wildman–Crippen LogP) is 0.0806. The molecule has 6 nitrogen and oxygen atoms in total. The van der Waals surface area contributed by atoms with Crippen molar-refractivity contribution in [2.24, 2.45) is 5.73 Å². The van der Waals surface area contributed by atoms with E-state index in [0.29, 0.717) is 25.3 Å². The number of nitrogens with two attached hydrogens (primary N) is 1. The van der Waals surface area contributed by atoms with Crippen LogP contribution < -0.4 is 11.1 Å². The van der Waals surface area contributed by atoms with Crippen molar-refractivity contribution in [1.82, 2.24) is 9.97 Å². The molecule has 1 heterocycles. The lowest BCUT2D eigenvalue weighted by Crippen LogP contribution is -2.30. The molecule has 0 saturated carbocycles. The predicted molar refractivity (Wildman–Crippen MR) is 55.4 cm³/mol. The zero-order chi connectivity index (χ0) is 11.1. The maximum atomic E-state index is 10.9. The average Bonchev–Trinajstić information content (AvgIpc) is 2.25. The minimum atomic E-state index is -0.920. The van der Waals surface area contributed by atoms with E-state index in [0.717, 1.165) is 0 Å². The molecule has 0 spiro atoms. The first-order valence-corrected chi connectivity index (χ1v) is 4.70. The quantitative estimate of drug-likeness (QED) is 0.614. The van der Waals surface area contributed by atoms with Crippen LogP contribution in [0.15, 0.2) is 18.5 Å². The second kappa shape index (κ2) is 5.92. The van der Waals surface area contributed by atoms with Crippen LogP contribution in [0.2, 0.25) is 0 Å². The van der Waals surface area contributed by atoms with E-state index in [4.69, 9.17) is 10.8 Å². The highest BCUT2D eigenvalue weighted by atomic mass is 16.4. The van der Waals surface area contributed by atoms with Gasteiger partial charge in [0.2, 0.25) is 5.95 Å². The van der Waals surface area contributed by atoms with E-state index in [-0.39, 0.29) is 0 Å². The Morgan fingerprint density at radius 1 is 1.53 bits per heavy atom. The molecule has 82 valence electrons. The van der Waals surface area contributed by atoms with E-state index in [1.54, 1.807) is 18.5 Å². The van der Waals surface area contributed by atoms with Crippen molar-refractivity contribution >= 4 is 11.9 Å². The number of nitrogens with one attached hydrogen (secondary N) is 1. The molecule has 0 aliphatic heterocycles. The number of carboxylic acid groups (broad SMARTS) is 1. The van der Waals surface area contributed by atoms with Crippen molar-refractivity contribution in [3.8, 4) is 0 Å². The molecule has 1 aromatic heterocycles. The van der Waals surface area contributed by atoms with Crippen LogP contribution in [0, 0.1) is 0 Å². The van der Waals surface area contributed by atoms with Gasteiger partial charge in [0.05, 0.1) is 0 Å². The van der Waals surface area contributed by atoms with Crippen molar-refractivity contribution in [2.75, 3.05) is 11.9 Å². The summed E-state index contributed by atoms with van der Waals surface area (Å²) in [4.78, 5) is 18.6. The third kappa shape index (κ3) is 3.90. The van der Waals surface area contributed by atoms with Crippen LogP contribution >= 0.6 is 0 Å². The minimum Gasteiger partial charge on any atom is -0.480 e. The fourth-order valence-electron chi connectivity index (χ4n) is 1.11. The van der Waals surface area contributed by atoms with Gasteiger partial charge in [-0.3, -0.25) is 0 Å². The number of aromatic nitrogens is 2. The van der Waals surface area contributed by atoms with Gasteiger partial charge in [-0.2, -0.15) is 0 Å². The van der Waals surface area contributed by atoms with Gasteiger partial charge in [0, 0.05) is 12.4 Å². The molecule has 1 rings (SSSR count). The number of carboxylic acids is 1. The number of anilines is 1. The van der Waals surface area contributed by atoms with E-state index in [1.165, 1.54) is 0 Å². The molecule has 0 aliphatic rings. The van der Waals surface area contributed by atoms with Gasteiger partial charge in [0.15, 0.2) is 0 Å². The summed E-state index contributed by atoms with van der Waals surface area (Å²) in [6.45, 7) is 0.473. The summed E-state index contributed by atoms with van der Waals surface area (Å²) < 4.78 is 0.